The first-order valence-electron chi connectivity index (χ1n) is 8.93. The molecule has 0 fully saturated rings. The number of pyridine rings is 1. The topological polar surface area (TPSA) is 55.1 Å². The fourth-order valence-electron chi connectivity index (χ4n) is 4.28. The number of rotatable bonds is 0. The third kappa shape index (κ3) is 1.79. The van der Waals surface area contributed by atoms with Gasteiger partial charge in [0.25, 0.3) is 0 Å². The van der Waals surface area contributed by atoms with Gasteiger partial charge in [-0.25, -0.2) is 0 Å². The Morgan fingerprint density at radius 1 is 0.815 bits per heavy atom. The first kappa shape index (κ1) is 14.6. The summed E-state index contributed by atoms with van der Waals surface area (Å²) >= 11 is 0. The molecular weight excluding hydrogens is 336 g/mol. The minimum absolute atomic E-state index is 0.446. The van der Waals surface area contributed by atoms with Crippen LogP contribution in [0, 0.1) is 12.3 Å². The first-order valence-corrected chi connectivity index (χ1v) is 8.93. The zero-order chi connectivity index (χ0) is 18.3. The van der Waals surface area contributed by atoms with Crippen LogP contribution in [0.3, 0.4) is 0 Å². The molecule has 4 heteroatoms. The number of aryl methyl sites for hydroxylation is 2. The molecule has 3 aromatic carbocycles. The van der Waals surface area contributed by atoms with E-state index in [4.69, 9.17) is 14.2 Å². The molecule has 3 heterocycles. The number of hydrogen-bond acceptors (Lipinski definition) is 3. The highest BCUT2D eigenvalue weighted by Gasteiger charge is 2.18. The number of aromatic nitrogens is 1. The van der Waals surface area contributed by atoms with Gasteiger partial charge < -0.3 is 18.8 Å². The van der Waals surface area contributed by atoms with Gasteiger partial charge in [-0.1, -0.05) is 12.1 Å². The van der Waals surface area contributed by atoms with Crippen molar-refractivity contribution < 1.29 is 8.83 Å². The fraction of sp³-hybridized carbons (Fsp3) is 0.0870. The van der Waals surface area contributed by atoms with Crippen molar-refractivity contribution in [1.29, 1.82) is 5.41 Å². The van der Waals surface area contributed by atoms with E-state index in [2.05, 4.69) is 42.9 Å². The van der Waals surface area contributed by atoms with Crippen LogP contribution in [0.25, 0.3) is 54.8 Å². The van der Waals surface area contributed by atoms with Crippen molar-refractivity contribution in [3.8, 4) is 0 Å². The average molecular weight is 352 g/mol. The Morgan fingerprint density at radius 3 is 2.59 bits per heavy atom. The molecule has 0 atom stereocenters. The first-order chi connectivity index (χ1) is 13.1. The molecule has 130 valence electrons. The van der Waals surface area contributed by atoms with Gasteiger partial charge >= 0.3 is 0 Å². The second kappa shape index (κ2) is 4.80. The highest BCUT2D eigenvalue weighted by molar-refractivity contribution is 6.26. The van der Waals surface area contributed by atoms with Crippen LogP contribution in [-0.4, -0.2) is 4.57 Å². The van der Waals surface area contributed by atoms with Crippen molar-refractivity contribution in [3.05, 3.63) is 65.6 Å². The highest BCUT2D eigenvalue weighted by atomic mass is 16.3. The van der Waals surface area contributed by atoms with Crippen LogP contribution >= 0.6 is 0 Å². The lowest BCUT2D eigenvalue weighted by molar-refractivity contribution is 0.658. The zero-order valence-electron chi connectivity index (χ0n) is 15.0. The fourth-order valence-corrected chi connectivity index (χ4v) is 4.28. The minimum atomic E-state index is 0.446. The molecule has 0 aliphatic heterocycles. The lowest BCUT2D eigenvalue weighted by Gasteiger charge is -2.14. The van der Waals surface area contributed by atoms with E-state index in [1.54, 1.807) is 12.1 Å². The van der Waals surface area contributed by atoms with Crippen LogP contribution in [0.2, 0.25) is 0 Å². The Labute approximate surface area is 153 Å². The lowest BCUT2D eigenvalue weighted by Crippen LogP contribution is -1.96. The number of furan rings is 1. The molecule has 0 saturated carbocycles. The molecule has 0 bridgehead atoms. The monoisotopic (exact) mass is 352 g/mol. The van der Waals surface area contributed by atoms with Gasteiger partial charge in [0.15, 0.2) is 0 Å². The van der Waals surface area contributed by atoms with Gasteiger partial charge in [0, 0.05) is 40.9 Å². The van der Waals surface area contributed by atoms with E-state index in [9.17, 15) is 0 Å². The maximum Gasteiger partial charge on any atom is 0.143 e. The highest BCUT2D eigenvalue weighted by Crippen LogP contribution is 2.41. The van der Waals surface area contributed by atoms with E-state index in [1.807, 2.05) is 18.2 Å². The van der Waals surface area contributed by atoms with Crippen LogP contribution in [0.15, 0.2) is 63.6 Å². The summed E-state index contributed by atoms with van der Waals surface area (Å²) in [5.41, 5.74) is 5.64. The number of hydrogen-bond donors (Lipinski definition) is 1. The molecular formula is C23H16N2O2. The lowest BCUT2D eigenvalue weighted by atomic mass is 10.0. The molecule has 0 unspecified atom stereocenters. The van der Waals surface area contributed by atoms with Crippen molar-refractivity contribution in [2.24, 2.45) is 7.05 Å². The molecule has 0 aliphatic carbocycles. The van der Waals surface area contributed by atoms with Gasteiger partial charge in [0.2, 0.25) is 0 Å². The molecule has 27 heavy (non-hydrogen) atoms. The number of nitrogens with zero attached hydrogens (tertiary/aromatic N) is 1. The Hall–Kier alpha value is -3.53. The normalized spacial score (nSPS) is 12.2. The van der Waals surface area contributed by atoms with Crippen molar-refractivity contribution in [2.75, 3.05) is 0 Å². The van der Waals surface area contributed by atoms with Gasteiger partial charge in [-0.05, 0) is 42.8 Å². The summed E-state index contributed by atoms with van der Waals surface area (Å²) < 4.78 is 14.7. The predicted molar refractivity (Wildman–Crippen MR) is 108 cm³/mol. The van der Waals surface area contributed by atoms with Gasteiger partial charge in [-0.3, -0.25) is 0 Å². The van der Waals surface area contributed by atoms with Gasteiger partial charge in [0.1, 0.15) is 22.3 Å². The van der Waals surface area contributed by atoms with E-state index in [0.717, 1.165) is 54.8 Å². The number of fused-ring (bicyclic) bond motifs is 6. The van der Waals surface area contributed by atoms with Gasteiger partial charge in [-0.2, -0.15) is 0 Å². The maximum atomic E-state index is 7.89. The molecule has 3 aromatic heterocycles. The summed E-state index contributed by atoms with van der Waals surface area (Å²) in [6, 6.07) is 15.8. The minimum Gasteiger partial charge on any atom is -0.456 e. The smallest absolute Gasteiger partial charge is 0.143 e. The van der Waals surface area contributed by atoms with Crippen LogP contribution < -0.4 is 5.36 Å². The van der Waals surface area contributed by atoms with E-state index < -0.39 is 0 Å². The average Bonchev–Trinajstić information content (AvgIpc) is 3.00. The summed E-state index contributed by atoms with van der Waals surface area (Å²) in [4.78, 5) is 0. The second-order valence-corrected chi connectivity index (χ2v) is 7.18. The Balaban J connectivity index is 1.99. The van der Waals surface area contributed by atoms with Crippen LogP contribution in [0.1, 0.15) is 5.56 Å². The summed E-state index contributed by atoms with van der Waals surface area (Å²) in [6.07, 6.45) is 2.07. The molecule has 4 nitrogen and oxygen atoms in total. The van der Waals surface area contributed by atoms with Gasteiger partial charge in [-0.15, -0.1) is 0 Å². The molecule has 0 radical (unpaired) electrons. The van der Waals surface area contributed by atoms with Crippen molar-refractivity contribution in [1.82, 2.24) is 4.57 Å². The van der Waals surface area contributed by atoms with Crippen molar-refractivity contribution in [3.63, 3.8) is 0 Å². The van der Waals surface area contributed by atoms with Crippen molar-refractivity contribution in [2.45, 2.75) is 6.92 Å². The van der Waals surface area contributed by atoms with Gasteiger partial charge in [0.05, 0.1) is 16.3 Å². The summed E-state index contributed by atoms with van der Waals surface area (Å²) in [5.74, 6) is 0. The third-order valence-electron chi connectivity index (χ3n) is 5.51. The molecule has 1 N–H and O–H groups in total. The number of benzene rings is 3. The predicted octanol–water partition coefficient (Wildman–Crippen LogP) is 5.76. The Kier molecular flexibility index (Phi) is 2.60. The largest absolute Gasteiger partial charge is 0.456 e. The summed E-state index contributed by atoms with van der Waals surface area (Å²) in [5, 5.41) is 13.6. The standard InChI is InChI=1S/C23H16N2O2/c1-12-4-3-5-17-20(12)22-21-15(8-9-25(22)2)23-16(11-19(21)26-17)14-7-6-13(24)10-18(14)27-23/h3-11,24H,1-2H3. The Morgan fingerprint density at radius 2 is 1.70 bits per heavy atom. The third-order valence-corrected chi connectivity index (χ3v) is 5.51. The summed E-state index contributed by atoms with van der Waals surface area (Å²) in [6.45, 7) is 2.11. The molecule has 0 saturated heterocycles. The van der Waals surface area contributed by atoms with Crippen LogP contribution in [-0.2, 0) is 7.05 Å². The molecule has 0 amide bonds. The quantitative estimate of drug-likeness (QED) is 0.279. The Bertz CT molecular complexity index is 1610. The number of nitrogens with one attached hydrogen (secondary N) is 1. The van der Waals surface area contributed by atoms with Crippen LogP contribution in [0.4, 0.5) is 0 Å². The maximum absolute atomic E-state index is 7.89. The van der Waals surface area contributed by atoms with E-state index >= 15 is 0 Å². The molecule has 6 aromatic rings. The molecule has 0 aliphatic rings. The van der Waals surface area contributed by atoms with Crippen LogP contribution in [0.5, 0.6) is 0 Å². The zero-order valence-corrected chi connectivity index (χ0v) is 15.0. The SMILES string of the molecule is Cc1cccc2oc3cc4c5ccc(=N)cc5oc4c4ccn(C)c(c12)c34. The molecule has 0 spiro atoms. The summed E-state index contributed by atoms with van der Waals surface area (Å²) in [7, 11) is 2.06. The van der Waals surface area contributed by atoms with Crippen molar-refractivity contribution >= 4 is 54.8 Å². The van der Waals surface area contributed by atoms with E-state index in [1.165, 1.54) is 5.56 Å². The second-order valence-electron chi connectivity index (χ2n) is 7.18. The van der Waals surface area contributed by atoms with E-state index in [0.29, 0.717) is 5.36 Å². The molecule has 6 rings (SSSR count). The van der Waals surface area contributed by atoms with E-state index in [-0.39, 0.29) is 0 Å².